The van der Waals surface area contributed by atoms with Crippen LogP contribution in [-0.4, -0.2) is 0 Å². The molecule has 0 fully saturated rings. The lowest BCUT2D eigenvalue weighted by Crippen LogP contribution is -1.98. The van der Waals surface area contributed by atoms with Crippen LogP contribution < -0.4 is 5.32 Å². The van der Waals surface area contributed by atoms with Gasteiger partial charge in [-0.05, 0) is 43.9 Å². The van der Waals surface area contributed by atoms with E-state index < -0.39 is 0 Å². The van der Waals surface area contributed by atoms with E-state index >= 15 is 0 Å². The predicted molar refractivity (Wildman–Crippen MR) is 83.3 cm³/mol. The number of hydrogen-bond donors (Lipinski definition) is 1. The molecule has 98 valence electrons. The number of hydrogen-bond acceptors (Lipinski definition) is 1. The van der Waals surface area contributed by atoms with Crippen molar-refractivity contribution in [2.24, 2.45) is 0 Å². The highest BCUT2D eigenvalue weighted by Gasteiger charge is 1.97. The molecule has 19 heavy (non-hydrogen) atoms. The average molecular weight is 251 g/mol. The Hall–Kier alpha value is -2.02. The molecule has 0 spiro atoms. The highest BCUT2D eigenvalue weighted by Crippen LogP contribution is 2.14. The van der Waals surface area contributed by atoms with Crippen molar-refractivity contribution in [2.45, 2.75) is 26.2 Å². The Labute approximate surface area is 116 Å². The molecule has 1 N–H and O–H groups in total. The minimum absolute atomic E-state index is 1.00. The molecule has 0 heterocycles. The van der Waals surface area contributed by atoms with Gasteiger partial charge in [-0.2, -0.15) is 0 Å². The third kappa shape index (κ3) is 4.63. The van der Waals surface area contributed by atoms with Gasteiger partial charge in [0.25, 0.3) is 0 Å². The van der Waals surface area contributed by atoms with E-state index in [1.54, 1.807) is 0 Å². The fourth-order valence-electron chi connectivity index (χ4n) is 2.05. The lowest BCUT2D eigenvalue weighted by Gasteiger charge is -2.10. The predicted octanol–water partition coefficient (Wildman–Crippen LogP) is 4.94. The molecule has 0 saturated heterocycles. The maximum absolute atomic E-state index is 4.09. The normalized spacial score (nSPS) is 10.2. The van der Waals surface area contributed by atoms with Crippen molar-refractivity contribution in [3.05, 3.63) is 78.0 Å². The van der Waals surface area contributed by atoms with Gasteiger partial charge in [0.15, 0.2) is 0 Å². The summed E-state index contributed by atoms with van der Waals surface area (Å²) in [6.07, 6.45) is 3.24. The Morgan fingerprint density at radius 3 is 2.37 bits per heavy atom. The van der Waals surface area contributed by atoms with E-state index in [-0.39, 0.29) is 0 Å². The van der Waals surface area contributed by atoms with Gasteiger partial charge in [-0.1, -0.05) is 54.6 Å². The minimum Gasteiger partial charge on any atom is -0.359 e. The summed E-state index contributed by atoms with van der Waals surface area (Å²) in [5, 5.41) is 3.36. The molecular weight excluding hydrogens is 230 g/mol. The molecule has 0 aromatic heterocycles. The monoisotopic (exact) mass is 251 g/mol. The molecule has 0 bridgehead atoms. The summed E-state index contributed by atoms with van der Waals surface area (Å²) >= 11 is 0. The SMILES string of the molecule is C=C(CCCc1ccccc1)Nc1ccc(C)cc1. The number of anilines is 1. The van der Waals surface area contributed by atoms with E-state index in [4.69, 9.17) is 0 Å². The summed E-state index contributed by atoms with van der Waals surface area (Å²) in [4.78, 5) is 0. The molecule has 0 unspecified atom stereocenters. The van der Waals surface area contributed by atoms with Crippen LogP contribution in [0.5, 0.6) is 0 Å². The average Bonchev–Trinajstić information content (AvgIpc) is 2.43. The summed E-state index contributed by atoms with van der Waals surface area (Å²) in [5.74, 6) is 0. The third-order valence-electron chi connectivity index (χ3n) is 3.16. The Kier molecular flexibility index (Phi) is 4.79. The quantitative estimate of drug-likeness (QED) is 0.766. The zero-order valence-electron chi connectivity index (χ0n) is 11.5. The first-order valence-electron chi connectivity index (χ1n) is 6.79. The summed E-state index contributed by atoms with van der Waals surface area (Å²) in [6, 6.07) is 19.0. The highest BCUT2D eigenvalue weighted by atomic mass is 14.9. The van der Waals surface area contributed by atoms with E-state index in [9.17, 15) is 0 Å². The molecule has 0 aliphatic rings. The van der Waals surface area contributed by atoms with Gasteiger partial charge in [0.1, 0.15) is 0 Å². The van der Waals surface area contributed by atoms with Crippen LogP contribution in [0.4, 0.5) is 5.69 Å². The fraction of sp³-hybridized carbons (Fsp3) is 0.222. The number of benzene rings is 2. The smallest absolute Gasteiger partial charge is 0.0381 e. The topological polar surface area (TPSA) is 12.0 Å². The van der Waals surface area contributed by atoms with E-state index in [1.165, 1.54) is 11.1 Å². The summed E-state index contributed by atoms with van der Waals surface area (Å²) in [6.45, 7) is 6.19. The molecule has 2 aromatic carbocycles. The lowest BCUT2D eigenvalue weighted by molar-refractivity contribution is 0.816. The van der Waals surface area contributed by atoms with Crippen LogP contribution in [-0.2, 0) is 6.42 Å². The van der Waals surface area contributed by atoms with Gasteiger partial charge in [0.05, 0.1) is 0 Å². The second-order valence-electron chi connectivity index (χ2n) is 4.93. The largest absolute Gasteiger partial charge is 0.359 e. The van der Waals surface area contributed by atoms with Crippen molar-refractivity contribution in [2.75, 3.05) is 5.32 Å². The van der Waals surface area contributed by atoms with E-state index in [0.717, 1.165) is 30.6 Å². The van der Waals surface area contributed by atoms with Crippen molar-refractivity contribution in [1.29, 1.82) is 0 Å². The molecule has 0 amide bonds. The summed E-state index contributed by atoms with van der Waals surface area (Å²) in [7, 11) is 0. The van der Waals surface area contributed by atoms with Crippen LogP contribution in [0.2, 0.25) is 0 Å². The van der Waals surface area contributed by atoms with Crippen LogP contribution in [0, 0.1) is 6.92 Å². The molecule has 0 radical (unpaired) electrons. The molecule has 0 aliphatic heterocycles. The summed E-state index contributed by atoms with van der Waals surface area (Å²) in [5.41, 5.74) is 4.88. The molecule has 2 aromatic rings. The maximum atomic E-state index is 4.09. The first kappa shape index (κ1) is 13.4. The Balaban J connectivity index is 1.74. The van der Waals surface area contributed by atoms with Crippen molar-refractivity contribution in [3.63, 3.8) is 0 Å². The third-order valence-corrected chi connectivity index (χ3v) is 3.16. The van der Waals surface area contributed by atoms with E-state index in [1.807, 2.05) is 0 Å². The van der Waals surface area contributed by atoms with Crippen LogP contribution in [0.15, 0.2) is 66.9 Å². The maximum Gasteiger partial charge on any atom is 0.0381 e. The van der Waals surface area contributed by atoms with Gasteiger partial charge in [-0.3, -0.25) is 0 Å². The Bertz CT molecular complexity index is 511. The molecule has 2 rings (SSSR count). The van der Waals surface area contributed by atoms with Crippen LogP contribution in [0.1, 0.15) is 24.0 Å². The van der Waals surface area contributed by atoms with Crippen LogP contribution in [0.25, 0.3) is 0 Å². The van der Waals surface area contributed by atoms with E-state index in [2.05, 4.69) is 73.4 Å². The zero-order valence-corrected chi connectivity index (χ0v) is 11.5. The highest BCUT2D eigenvalue weighted by molar-refractivity contribution is 5.48. The molecule has 0 aliphatic carbocycles. The van der Waals surface area contributed by atoms with Crippen LogP contribution >= 0.6 is 0 Å². The minimum atomic E-state index is 1.00. The summed E-state index contributed by atoms with van der Waals surface area (Å²) < 4.78 is 0. The fourth-order valence-corrected chi connectivity index (χ4v) is 2.05. The number of rotatable bonds is 6. The lowest BCUT2D eigenvalue weighted by atomic mass is 10.1. The molecule has 1 nitrogen and oxygen atoms in total. The standard InChI is InChI=1S/C18H21N/c1-15-11-13-18(14-12-15)19-16(2)7-6-10-17-8-4-3-5-9-17/h3-5,8-9,11-14,19H,2,6-7,10H2,1H3. The first-order chi connectivity index (χ1) is 9.24. The van der Waals surface area contributed by atoms with Crippen LogP contribution in [0.3, 0.4) is 0 Å². The first-order valence-corrected chi connectivity index (χ1v) is 6.79. The van der Waals surface area contributed by atoms with Gasteiger partial charge >= 0.3 is 0 Å². The van der Waals surface area contributed by atoms with E-state index in [0.29, 0.717) is 0 Å². The van der Waals surface area contributed by atoms with Crippen molar-refractivity contribution in [1.82, 2.24) is 0 Å². The Morgan fingerprint density at radius 1 is 1.00 bits per heavy atom. The number of nitrogens with one attached hydrogen (secondary N) is 1. The second kappa shape index (κ2) is 6.79. The van der Waals surface area contributed by atoms with Crippen molar-refractivity contribution in [3.8, 4) is 0 Å². The number of allylic oxidation sites excluding steroid dienone is 1. The number of aryl methyl sites for hydroxylation is 2. The molecule has 0 atom stereocenters. The van der Waals surface area contributed by atoms with Gasteiger partial charge in [0.2, 0.25) is 0 Å². The molecule has 0 saturated carbocycles. The van der Waals surface area contributed by atoms with Crippen molar-refractivity contribution < 1.29 is 0 Å². The van der Waals surface area contributed by atoms with Gasteiger partial charge < -0.3 is 5.32 Å². The van der Waals surface area contributed by atoms with Crippen molar-refractivity contribution >= 4 is 5.69 Å². The van der Waals surface area contributed by atoms with Gasteiger partial charge in [-0.15, -0.1) is 0 Å². The van der Waals surface area contributed by atoms with Gasteiger partial charge in [0, 0.05) is 11.4 Å². The molecular formula is C18H21N. The second-order valence-corrected chi connectivity index (χ2v) is 4.93. The van der Waals surface area contributed by atoms with Gasteiger partial charge in [-0.25, -0.2) is 0 Å². The molecule has 1 heteroatoms. The Morgan fingerprint density at radius 2 is 1.68 bits per heavy atom. The zero-order chi connectivity index (χ0) is 13.5.